The summed E-state index contributed by atoms with van der Waals surface area (Å²) >= 11 is 8.42. The fourth-order valence-electron chi connectivity index (χ4n) is 5.94. The normalized spacial score (nSPS) is 17.0. The molecule has 2 amide bonds. The zero-order valence-electron chi connectivity index (χ0n) is 26.2. The zero-order chi connectivity index (χ0) is 30.7. The van der Waals surface area contributed by atoms with Gasteiger partial charge in [0.05, 0.1) is 43.4 Å². The van der Waals surface area contributed by atoms with Crippen molar-refractivity contribution in [2.24, 2.45) is 0 Å². The molecule has 3 heterocycles. The number of aromatic nitrogens is 1. The highest BCUT2D eigenvalue weighted by molar-refractivity contribution is 7.09. The lowest BCUT2D eigenvalue weighted by molar-refractivity contribution is -0.132. The van der Waals surface area contributed by atoms with Crippen molar-refractivity contribution in [1.82, 2.24) is 19.7 Å². The molecule has 1 aromatic heterocycles. The molecule has 0 bridgehead atoms. The summed E-state index contributed by atoms with van der Waals surface area (Å²) < 4.78 is 12.2. The molecule has 8 nitrogen and oxygen atoms in total. The Balaban J connectivity index is 1.22. The first-order valence-electron chi connectivity index (χ1n) is 16.1. The molecule has 10 heteroatoms. The van der Waals surface area contributed by atoms with Gasteiger partial charge in [0.1, 0.15) is 5.69 Å². The van der Waals surface area contributed by atoms with Crippen LogP contribution >= 0.6 is 22.9 Å². The number of ether oxygens (including phenoxy) is 2. The van der Waals surface area contributed by atoms with Crippen LogP contribution in [0.2, 0.25) is 5.02 Å². The van der Waals surface area contributed by atoms with E-state index in [-0.39, 0.29) is 17.4 Å². The van der Waals surface area contributed by atoms with Crippen molar-refractivity contribution >= 4 is 34.8 Å². The molecular weight excluding hydrogens is 584 g/mol. The molecule has 2 aliphatic heterocycles. The molecular formula is C33H49ClN4O4S. The number of morpholine rings is 1. The second-order valence-electron chi connectivity index (χ2n) is 11.8. The van der Waals surface area contributed by atoms with Gasteiger partial charge in [0.15, 0.2) is 0 Å². The van der Waals surface area contributed by atoms with Gasteiger partial charge in [0, 0.05) is 49.7 Å². The molecule has 2 aliphatic rings. The Bertz CT molecular complexity index is 1180. The topological polar surface area (TPSA) is 75.2 Å². The maximum Gasteiger partial charge on any atom is 0.273 e. The predicted octanol–water partition coefficient (Wildman–Crippen LogP) is 5.85. The van der Waals surface area contributed by atoms with Gasteiger partial charge in [0.2, 0.25) is 5.91 Å². The van der Waals surface area contributed by atoms with Crippen LogP contribution in [0.5, 0.6) is 0 Å². The molecule has 43 heavy (non-hydrogen) atoms. The van der Waals surface area contributed by atoms with E-state index < -0.39 is 0 Å². The Labute approximate surface area is 266 Å². The quantitative estimate of drug-likeness (QED) is 0.229. The average molecular weight is 633 g/mol. The number of nitrogens with zero attached hydrogens (tertiary/aromatic N) is 4. The van der Waals surface area contributed by atoms with Crippen LogP contribution in [0.3, 0.4) is 0 Å². The van der Waals surface area contributed by atoms with Gasteiger partial charge in [-0.3, -0.25) is 14.5 Å². The van der Waals surface area contributed by atoms with E-state index in [1.165, 1.54) is 0 Å². The number of rotatable bonds is 15. The van der Waals surface area contributed by atoms with Gasteiger partial charge in [0.25, 0.3) is 5.91 Å². The van der Waals surface area contributed by atoms with Crippen molar-refractivity contribution in [2.45, 2.75) is 84.3 Å². The van der Waals surface area contributed by atoms with Crippen LogP contribution in [0.15, 0.2) is 23.6 Å². The highest BCUT2D eigenvalue weighted by atomic mass is 35.5. The van der Waals surface area contributed by atoms with Crippen LogP contribution in [0.4, 0.5) is 0 Å². The van der Waals surface area contributed by atoms with E-state index >= 15 is 0 Å². The Morgan fingerprint density at radius 3 is 2.60 bits per heavy atom. The number of benzene rings is 1. The van der Waals surface area contributed by atoms with Crippen LogP contribution in [0.1, 0.15) is 85.9 Å². The summed E-state index contributed by atoms with van der Waals surface area (Å²) in [6.07, 6.45) is 6.86. The van der Waals surface area contributed by atoms with Crippen molar-refractivity contribution in [3.8, 4) is 0 Å². The third-order valence-electron chi connectivity index (χ3n) is 8.53. The minimum atomic E-state index is -0.290. The van der Waals surface area contributed by atoms with Gasteiger partial charge < -0.3 is 19.3 Å². The number of hydrogen-bond acceptors (Lipinski definition) is 7. The Hall–Kier alpha value is -2.04. The summed E-state index contributed by atoms with van der Waals surface area (Å²) in [5.74, 6) is 0.201. The molecule has 0 saturated carbocycles. The molecule has 1 aromatic carbocycles. The number of likely N-dealkylation sites (tertiary alicyclic amines) is 1. The van der Waals surface area contributed by atoms with Crippen molar-refractivity contribution in [3.05, 3.63) is 50.4 Å². The highest BCUT2D eigenvalue weighted by Crippen LogP contribution is 2.32. The number of hydrogen-bond donors (Lipinski definition) is 0. The number of carbonyl (C=O) groups is 2. The molecule has 2 fully saturated rings. The fraction of sp³-hybridized carbons (Fsp3) is 0.667. The van der Waals surface area contributed by atoms with Gasteiger partial charge in [-0.1, -0.05) is 57.0 Å². The maximum atomic E-state index is 13.1. The van der Waals surface area contributed by atoms with E-state index in [1.54, 1.807) is 11.3 Å². The number of piperidine rings is 1. The predicted molar refractivity (Wildman–Crippen MR) is 173 cm³/mol. The standard InChI is InChI=1S/C33H49ClN4O4S/c1-4-7-16-37(15-5-2)30(39)12-21-41-20-11-26-9-8-10-27(31(26)34)23-36-17-13-33(14-18-36)25-38(19-22-42-33)32(40)28-24-43-29(6-3)35-28/h8-10,24H,4-7,11-23,25H2,1-3H3. The number of unbranched alkanes of at least 4 members (excludes halogenated alkanes) is 1. The number of aryl methyl sites for hydroxylation is 1. The van der Waals surface area contributed by atoms with Gasteiger partial charge in [-0.25, -0.2) is 4.98 Å². The Kier molecular flexibility index (Phi) is 13.3. The summed E-state index contributed by atoms with van der Waals surface area (Å²) in [7, 11) is 0. The SMILES string of the molecule is CCCCN(CCC)C(=O)CCOCCc1cccc(CN2CCC3(CC2)CN(C(=O)c2csc(CC)n2)CCO3)c1Cl. The van der Waals surface area contributed by atoms with Crippen molar-refractivity contribution in [1.29, 1.82) is 0 Å². The molecule has 0 N–H and O–H groups in total. The first-order chi connectivity index (χ1) is 20.9. The van der Waals surface area contributed by atoms with Crippen LogP contribution in [-0.4, -0.2) is 96.2 Å². The monoisotopic (exact) mass is 632 g/mol. The van der Waals surface area contributed by atoms with Crippen LogP contribution < -0.4 is 0 Å². The lowest BCUT2D eigenvalue weighted by Crippen LogP contribution is -2.58. The third kappa shape index (κ3) is 9.47. The van der Waals surface area contributed by atoms with E-state index in [1.807, 2.05) is 15.2 Å². The number of halogens is 1. The second-order valence-corrected chi connectivity index (χ2v) is 13.1. The summed E-state index contributed by atoms with van der Waals surface area (Å²) in [5, 5.41) is 3.68. The average Bonchev–Trinajstić information content (AvgIpc) is 3.51. The van der Waals surface area contributed by atoms with E-state index in [0.29, 0.717) is 45.0 Å². The first-order valence-corrected chi connectivity index (χ1v) is 17.4. The maximum absolute atomic E-state index is 13.1. The summed E-state index contributed by atoms with van der Waals surface area (Å²) in [5.41, 5.74) is 2.47. The smallest absolute Gasteiger partial charge is 0.273 e. The van der Waals surface area contributed by atoms with Crippen molar-refractivity contribution in [3.63, 3.8) is 0 Å². The number of thiazole rings is 1. The fourth-order valence-corrected chi connectivity index (χ4v) is 6.94. The highest BCUT2D eigenvalue weighted by Gasteiger charge is 2.41. The van der Waals surface area contributed by atoms with E-state index in [0.717, 1.165) is 98.8 Å². The van der Waals surface area contributed by atoms with Crippen LogP contribution in [-0.2, 0) is 33.7 Å². The molecule has 238 valence electrons. The molecule has 1 spiro atoms. The summed E-state index contributed by atoms with van der Waals surface area (Å²) in [6, 6.07) is 6.23. The third-order valence-corrected chi connectivity index (χ3v) is 10.0. The van der Waals surface area contributed by atoms with Crippen LogP contribution in [0, 0.1) is 0 Å². The molecule has 2 saturated heterocycles. The molecule has 0 unspecified atom stereocenters. The molecule has 4 rings (SSSR count). The van der Waals surface area contributed by atoms with Crippen molar-refractivity contribution < 1.29 is 19.1 Å². The van der Waals surface area contributed by atoms with E-state index in [9.17, 15) is 9.59 Å². The van der Waals surface area contributed by atoms with Crippen LogP contribution in [0.25, 0.3) is 0 Å². The van der Waals surface area contributed by atoms with Crippen molar-refractivity contribution in [2.75, 3.05) is 59.1 Å². The molecule has 0 aliphatic carbocycles. The summed E-state index contributed by atoms with van der Waals surface area (Å²) in [4.78, 5) is 36.5. The lowest BCUT2D eigenvalue weighted by Gasteiger charge is -2.47. The number of carbonyl (C=O) groups excluding carboxylic acids is 2. The molecule has 2 aromatic rings. The Morgan fingerprint density at radius 1 is 1.09 bits per heavy atom. The van der Waals surface area contributed by atoms with E-state index in [4.69, 9.17) is 21.1 Å². The minimum Gasteiger partial charge on any atom is -0.381 e. The minimum absolute atomic E-state index is 0.0191. The van der Waals surface area contributed by atoms with Gasteiger partial charge >= 0.3 is 0 Å². The second kappa shape index (κ2) is 16.9. The lowest BCUT2D eigenvalue weighted by atomic mass is 9.89. The van der Waals surface area contributed by atoms with Gasteiger partial charge in [-0.05, 0) is 49.7 Å². The van der Waals surface area contributed by atoms with Gasteiger partial charge in [-0.2, -0.15) is 0 Å². The van der Waals surface area contributed by atoms with Gasteiger partial charge in [-0.15, -0.1) is 11.3 Å². The zero-order valence-corrected chi connectivity index (χ0v) is 27.8. The molecule has 0 atom stereocenters. The number of amides is 2. The summed E-state index contributed by atoms with van der Waals surface area (Å²) in [6.45, 7) is 13.3. The first kappa shape index (κ1) is 33.8. The Morgan fingerprint density at radius 2 is 1.88 bits per heavy atom. The van der Waals surface area contributed by atoms with E-state index in [2.05, 4.69) is 48.9 Å². The largest absolute Gasteiger partial charge is 0.381 e. The molecule has 0 radical (unpaired) electrons.